The van der Waals surface area contributed by atoms with E-state index in [2.05, 4.69) is 0 Å². The summed E-state index contributed by atoms with van der Waals surface area (Å²) in [5, 5.41) is 17.4. The number of carboxylic acids is 1. The zero-order valence-corrected chi connectivity index (χ0v) is 8.11. The second-order valence-electron chi connectivity index (χ2n) is 3.29. The predicted molar refractivity (Wildman–Crippen MR) is 50.8 cm³/mol. The van der Waals surface area contributed by atoms with Gasteiger partial charge in [-0.15, -0.1) is 0 Å². The highest BCUT2D eigenvalue weighted by molar-refractivity contribution is 5.76. The topological polar surface area (TPSA) is 66.8 Å². The number of halogens is 1. The summed E-state index contributed by atoms with van der Waals surface area (Å²) in [6.45, 7) is 0.350. The molecule has 1 atom stereocenters. The van der Waals surface area contributed by atoms with Crippen LogP contribution in [-0.4, -0.2) is 28.5 Å². The maximum atomic E-state index is 13.2. The summed E-state index contributed by atoms with van der Waals surface area (Å²) in [7, 11) is 0. The molecule has 1 aromatic rings. The van der Waals surface area contributed by atoms with E-state index in [0.29, 0.717) is 5.75 Å². The molecule has 0 saturated carbocycles. The molecule has 82 valence electrons. The molecule has 0 amide bonds. The van der Waals surface area contributed by atoms with E-state index in [1.165, 1.54) is 24.3 Å². The fourth-order valence-corrected chi connectivity index (χ4v) is 0.823. The van der Waals surface area contributed by atoms with Gasteiger partial charge in [-0.3, -0.25) is 0 Å². The third kappa shape index (κ3) is 3.12. The number of rotatable bonds is 4. The van der Waals surface area contributed by atoms with Gasteiger partial charge in [0.1, 0.15) is 18.1 Å². The molecule has 0 aliphatic carbocycles. The lowest BCUT2D eigenvalue weighted by molar-refractivity contribution is -0.151. The molecule has 4 nitrogen and oxygen atoms in total. The molecule has 0 spiro atoms. The quantitative estimate of drug-likeness (QED) is 0.798. The van der Waals surface area contributed by atoms with E-state index in [1.807, 2.05) is 0 Å². The molecular formula is C10H11FO4. The number of ether oxygens (including phenoxy) is 1. The van der Waals surface area contributed by atoms with E-state index in [-0.39, 0.29) is 5.75 Å². The minimum atomic E-state index is -2.42. The summed E-state index contributed by atoms with van der Waals surface area (Å²) < 4.78 is 18.1. The molecule has 1 unspecified atom stereocenters. The van der Waals surface area contributed by atoms with Crippen LogP contribution < -0.4 is 4.74 Å². The van der Waals surface area contributed by atoms with Crippen molar-refractivity contribution in [1.29, 1.82) is 0 Å². The molecule has 1 aromatic carbocycles. The Morgan fingerprint density at radius 2 is 2.00 bits per heavy atom. The molecule has 1 rings (SSSR count). The lowest BCUT2D eigenvalue weighted by atomic mass is 10.1. The lowest BCUT2D eigenvalue weighted by Crippen LogP contribution is -2.36. The standard InChI is InChI=1S/C10H11FO4/c1-10(11,9(13)14)6-15-8-4-2-7(12)3-5-8/h2-5,12H,6H2,1H3,(H,13,14). The third-order valence-corrected chi connectivity index (χ3v) is 1.79. The minimum absolute atomic E-state index is 0.0589. The molecule has 2 N–H and O–H groups in total. The van der Waals surface area contributed by atoms with Crippen LogP contribution in [0.25, 0.3) is 0 Å². The fraction of sp³-hybridized carbons (Fsp3) is 0.300. The van der Waals surface area contributed by atoms with Crippen LogP contribution in [0, 0.1) is 0 Å². The van der Waals surface area contributed by atoms with E-state index in [0.717, 1.165) is 6.92 Å². The summed E-state index contributed by atoms with van der Waals surface area (Å²) in [5.41, 5.74) is -2.42. The highest BCUT2D eigenvalue weighted by Gasteiger charge is 2.33. The van der Waals surface area contributed by atoms with Crippen LogP contribution in [0.15, 0.2) is 24.3 Å². The van der Waals surface area contributed by atoms with Gasteiger partial charge in [-0.25, -0.2) is 9.18 Å². The molecular weight excluding hydrogens is 203 g/mol. The number of hydrogen-bond donors (Lipinski definition) is 2. The normalized spacial score (nSPS) is 14.3. The number of carboxylic acid groups (broad SMARTS) is 1. The second kappa shape index (κ2) is 4.16. The Bertz CT molecular complexity index is 345. The summed E-state index contributed by atoms with van der Waals surface area (Å²) in [5.74, 6) is -1.21. The number of phenols is 1. The Balaban J connectivity index is 2.57. The van der Waals surface area contributed by atoms with Crippen molar-refractivity contribution < 1.29 is 24.1 Å². The van der Waals surface area contributed by atoms with Crippen LogP contribution in [0.1, 0.15) is 6.92 Å². The van der Waals surface area contributed by atoms with Gasteiger partial charge in [-0.1, -0.05) is 0 Å². The smallest absolute Gasteiger partial charge is 0.344 e. The summed E-state index contributed by atoms with van der Waals surface area (Å²) in [6, 6.07) is 5.58. The lowest BCUT2D eigenvalue weighted by Gasteiger charge is -2.15. The highest BCUT2D eigenvalue weighted by Crippen LogP contribution is 2.18. The number of aromatic hydroxyl groups is 1. The van der Waals surface area contributed by atoms with Gasteiger partial charge in [-0.2, -0.15) is 0 Å². The largest absolute Gasteiger partial charge is 0.508 e. The van der Waals surface area contributed by atoms with Crippen molar-refractivity contribution in [3.63, 3.8) is 0 Å². The molecule has 5 heteroatoms. The first kappa shape index (κ1) is 11.3. The SMILES string of the molecule is CC(F)(COc1ccc(O)cc1)C(=O)O. The molecule has 0 bridgehead atoms. The van der Waals surface area contributed by atoms with Crippen LogP contribution in [0.2, 0.25) is 0 Å². The number of aliphatic carboxylic acids is 1. The summed E-state index contributed by atoms with van der Waals surface area (Å²) in [4.78, 5) is 10.4. The van der Waals surface area contributed by atoms with E-state index in [4.69, 9.17) is 14.9 Å². The highest BCUT2D eigenvalue weighted by atomic mass is 19.1. The number of alkyl halides is 1. The van der Waals surface area contributed by atoms with E-state index in [1.54, 1.807) is 0 Å². The third-order valence-electron chi connectivity index (χ3n) is 1.79. The second-order valence-corrected chi connectivity index (χ2v) is 3.29. The maximum absolute atomic E-state index is 13.2. The van der Waals surface area contributed by atoms with Gasteiger partial charge < -0.3 is 14.9 Å². The number of carbonyl (C=O) groups is 1. The van der Waals surface area contributed by atoms with Gasteiger partial charge in [0.2, 0.25) is 5.67 Å². The molecule has 0 saturated heterocycles. The molecule has 0 aromatic heterocycles. The van der Waals surface area contributed by atoms with Gasteiger partial charge in [0.15, 0.2) is 0 Å². The zero-order chi connectivity index (χ0) is 11.5. The summed E-state index contributed by atoms with van der Waals surface area (Å²) >= 11 is 0. The number of phenolic OH excluding ortho intramolecular Hbond substituents is 1. The van der Waals surface area contributed by atoms with Crippen LogP contribution >= 0.6 is 0 Å². The van der Waals surface area contributed by atoms with E-state index in [9.17, 15) is 9.18 Å². The first-order chi connectivity index (χ1) is 6.92. The maximum Gasteiger partial charge on any atom is 0.344 e. The van der Waals surface area contributed by atoms with E-state index >= 15 is 0 Å². The van der Waals surface area contributed by atoms with Gasteiger partial charge in [-0.05, 0) is 31.2 Å². The molecule has 0 aliphatic rings. The average molecular weight is 214 g/mol. The van der Waals surface area contributed by atoms with Crippen molar-refractivity contribution in [2.24, 2.45) is 0 Å². The fourth-order valence-electron chi connectivity index (χ4n) is 0.823. The summed E-state index contributed by atoms with van der Waals surface area (Å²) in [6.07, 6.45) is 0. The zero-order valence-electron chi connectivity index (χ0n) is 8.11. The number of hydrogen-bond acceptors (Lipinski definition) is 3. The van der Waals surface area contributed by atoms with Crippen LogP contribution in [0.4, 0.5) is 4.39 Å². The first-order valence-electron chi connectivity index (χ1n) is 4.26. The van der Waals surface area contributed by atoms with E-state index < -0.39 is 18.2 Å². The van der Waals surface area contributed by atoms with Gasteiger partial charge in [0, 0.05) is 0 Å². The minimum Gasteiger partial charge on any atom is -0.508 e. The number of benzene rings is 1. The Morgan fingerprint density at radius 3 is 2.47 bits per heavy atom. The Hall–Kier alpha value is -1.78. The van der Waals surface area contributed by atoms with Gasteiger partial charge in [0.05, 0.1) is 0 Å². The Morgan fingerprint density at radius 1 is 1.47 bits per heavy atom. The van der Waals surface area contributed by atoms with Gasteiger partial charge in [0.25, 0.3) is 0 Å². The molecule has 0 radical (unpaired) electrons. The van der Waals surface area contributed by atoms with Crippen molar-refractivity contribution in [2.45, 2.75) is 12.6 Å². The van der Waals surface area contributed by atoms with Crippen LogP contribution in [0.3, 0.4) is 0 Å². The molecule has 0 fully saturated rings. The molecule has 0 heterocycles. The molecule has 15 heavy (non-hydrogen) atoms. The molecule has 0 aliphatic heterocycles. The van der Waals surface area contributed by atoms with Crippen molar-refractivity contribution in [1.82, 2.24) is 0 Å². The van der Waals surface area contributed by atoms with Gasteiger partial charge >= 0.3 is 5.97 Å². The van der Waals surface area contributed by atoms with Crippen LogP contribution in [0.5, 0.6) is 11.5 Å². The van der Waals surface area contributed by atoms with Crippen molar-refractivity contribution in [3.8, 4) is 11.5 Å². The predicted octanol–water partition coefficient (Wildman–Crippen LogP) is 1.58. The monoisotopic (exact) mass is 214 g/mol. The Kier molecular flexibility index (Phi) is 3.14. The van der Waals surface area contributed by atoms with Crippen molar-refractivity contribution in [2.75, 3.05) is 6.61 Å². The Labute approximate surface area is 85.9 Å². The van der Waals surface area contributed by atoms with Crippen LogP contribution in [-0.2, 0) is 4.79 Å². The van der Waals surface area contributed by atoms with Crippen molar-refractivity contribution in [3.05, 3.63) is 24.3 Å². The first-order valence-corrected chi connectivity index (χ1v) is 4.26. The van der Waals surface area contributed by atoms with Crippen molar-refractivity contribution >= 4 is 5.97 Å². The average Bonchev–Trinajstić information content (AvgIpc) is 2.17.